The number of carboxylic acid groups (broad SMARTS) is 1. The van der Waals surface area contributed by atoms with Crippen molar-refractivity contribution < 1.29 is 9.90 Å². The minimum Gasteiger partial charge on any atom is -0.481 e. The smallest absolute Gasteiger partial charge is 0.304 e. The molecule has 0 spiro atoms. The molecule has 0 aromatic rings. The van der Waals surface area contributed by atoms with Gasteiger partial charge in [-0.1, -0.05) is 20.8 Å². The van der Waals surface area contributed by atoms with Crippen molar-refractivity contribution in [1.82, 2.24) is 9.80 Å². The molecule has 4 nitrogen and oxygen atoms in total. The zero-order valence-electron chi connectivity index (χ0n) is 12.2. The number of rotatable bonds is 5. The topological polar surface area (TPSA) is 43.8 Å². The third kappa shape index (κ3) is 5.36. The summed E-state index contributed by atoms with van der Waals surface area (Å²) in [4.78, 5) is 15.6. The highest BCUT2D eigenvalue weighted by atomic mass is 16.4. The lowest BCUT2D eigenvalue weighted by atomic mass is 10.1. The summed E-state index contributed by atoms with van der Waals surface area (Å²) in [6, 6.07) is 0.152. The van der Waals surface area contributed by atoms with Crippen LogP contribution in [-0.4, -0.2) is 60.1 Å². The van der Waals surface area contributed by atoms with Gasteiger partial charge in [-0.05, 0) is 31.8 Å². The molecule has 4 heteroatoms. The molecule has 1 aliphatic rings. The van der Waals surface area contributed by atoms with Gasteiger partial charge >= 0.3 is 5.97 Å². The predicted molar refractivity (Wildman–Crippen MR) is 73.7 cm³/mol. The maximum absolute atomic E-state index is 10.9. The second kappa shape index (κ2) is 7.10. The van der Waals surface area contributed by atoms with Gasteiger partial charge in [0.1, 0.15) is 0 Å². The van der Waals surface area contributed by atoms with Crippen molar-refractivity contribution in [1.29, 1.82) is 0 Å². The molecule has 0 saturated carbocycles. The Kier molecular flexibility index (Phi) is 6.09. The first-order valence-corrected chi connectivity index (χ1v) is 7.02. The van der Waals surface area contributed by atoms with E-state index < -0.39 is 5.97 Å². The molecule has 1 heterocycles. The molecule has 1 rings (SSSR count). The Morgan fingerprint density at radius 1 is 1.33 bits per heavy atom. The quantitative estimate of drug-likeness (QED) is 0.814. The molecule has 2 unspecified atom stereocenters. The van der Waals surface area contributed by atoms with Crippen molar-refractivity contribution in [3.05, 3.63) is 0 Å². The molecule has 1 N–H and O–H groups in total. The Morgan fingerprint density at radius 3 is 2.56 bits per heavy atom. The fraction of sp³-hybridized carbons (Fsp3) is 0.929. The number of carbonyl (C=O) groups is 1. The van der Waals surface area contributed by atoms with E-state index in [1.807, 2.05) is 0 Å². The second-order valence-electron chi connectivity index (χ2n) is 6.24. The van der Waals surface area contributed by atoms with Gasteiger partial charge in [0.2, 0.25) is 0 Å². The summed E-state index contributed by atoms with van der Waals surface area (Å²) < 4.78 is 0. The van der Waals surface area contributed by atoms with Crippen molar-refractivity contribution in [3.63, 3.8) is 0 Å². The van der Waals surface area contributed by atoms with Crippen LogP contribution in [0.25, 0.3) is 0 Å². The molecule has 0 radical (unpaired) electrons. The van der Waals surface area contributed by atoms with Gasteiger partial charge in [0.25, 0.3) is 0 Å². The number of nitrogens with zero attached hydrogens (tertiary/aromatic N) is 2. The first kappa shape index (κ1) is 15.4. The van der Waals surface area contributed by atoms with Crippen molar-refractivity contribution in [3.8, 4) is 0 Å². The zero-order valence-corrected chi connectivity index (χ0v) is 12.2. The maximum atomic E-state index is 10.9. The van der Waals surface area contributed by atoms with Crippen LogP contribution in [0.15, 0.2) is 0 Å². The van der Waals surface area contributed by atoms with E-state index in [0.717, 1.165) is 26.2 Å². The third-order valence-electron chi connectivity index (χ3n) is 3.69. The Hall–Kier alpha value is -0.610. The lowest BCUT2D eigenvalue weighted by Crippen LogP contribution is -2.40. The molecule has 0 bridgehead atoms. The Morgan fingerprint density at radius 2 is 2.00 bits per heavy atom. The van der Waals surface area contributed by atoms with E-state index in [0.29, 0.717) is 11.8 Å². The minimum absolute atomic E-state index is 0.152. The summed E-state index contributed by atoms with van der Waals surface area (Å²) in [5, 5.41) is 9.00. The molecule has 0 aromatic carbocycles. The van der Waals surface area contributed by atoms with E-state index >= 15 is 0 Å². The average Bonchev–Trinajstić information content (AvgIpc) is 2.35. The van der Waals surface area contributed by atoms with Crippen molar-refractivity contribution in [2.75, 3.05) is 33.2 Å². The second-order valence-corrected chi connectivity index (χ2v) is 6.24. The third-order valence-corrected chi connectivity index (χ3v) is 3.69. The van der Waals surface area contributed by atoms with Gasteiger partial charge in [0, 0.05) is 25.7 Å². The van der Waals surface area contributed by atoms with Crippen LogP contribution < -0.4 is 0 Å². The van der Waals surface area contributed by atoms with Crippen LogP contribution in [0.3, 0.4) is 0 Å². The molecule has 106 valence electrons. The number of hydrogen-bond donors (Lipinski definition) is 1. The van der Waals surface area contributed by atoms with Crippen molar-refractivity contribution >= 4 is 5.97 Å². The molecule has 1 fully saturated rings. The van der Waals surface area contributed by atoms with Gasteiger partial charge in [0.15, 0.2) is 0 Å². The molecule has 0 aromatic heterocycles. The van der Waals surface area contributed by atoms with E-state index in [1.165, 1.54) is 6.42 Å². The van der Waals surface area contributed by atoms with Crippen molar-refractivity contribution in [2.45, 2.75) is 39.7 Å². The average molecular weight is 256 g/mol. The fourth-order valence-corrected chi connectivity index (χ4v) is 2.70. The summed E-state index contributed by atoms with van der Waals surface area (Å²) in [6.07, 6.45) is 1.44. The lowest BCUT2D eigenvalue weighted by Gasteiger charge is -2.28. The number of hydrogen-bond acceptors (Lipinski definition) is 3. The van der Waals surface area contributed by atoms with Gasteiger partial charge in [0.05, 0.1) is 6.42 Å². The van der Waals surface area contributed by atoms with E-state index in [-0.39, 0.29) is 12.5 Å². The van der Waals surface area contributed by atoms with Gasteiger partial charge in [-0.25, -0.2) is 0 Å². The fourth-order valence-electron chi connectivity index (χ4n) is 2.70. The van der Waals surface area contributed by atoms with Crippen LogP contribution in [0.1, 0.15) is 33.6 Å². The number of aliphatic carboxylic acids is 1. The van der Waals surface area contributed by atoms with Crippen LogP contribution in [0.4, 0.5) is 0 Å². The van der Waals surface area contributed by atoms with E-state index in [9.17, 15) is 4.79 Å². The van der Waals surface area contributed by atoms with Gasteiger partial charge in [-0.2, -0.15) is 0 Å². The Balaban J connectivity index is 2.59. The highest BCUT2D eigenvalue weighted by Crippen LogP contribution is 2.16. The van der Waals surface area contributed by atoms with E-state index in [4.69, 9.17) is 5.11 Å². The molecule has 1 saturated heterocycles. The lowest BCUT2D eigenvalue weighted by molar-refractivity contribution is -0.138. The van der Waals surface area contributed by atoms with Gasteiger partial charge < -0.3 is 14.9 Å². The van der Waals surface area contributed by atoms with Gasteiger partial charge in [-0.3, -0.25) is 4.79 Å². The van der Waals surface area contributed by atoms with Crippen LogP contribution in [-0.2, 0) is 4.79 Å². The summed E-state index contributed by atoms with van der Waals surface area (Å²) in [6.45, 7) is 10.8. The largest absolute Gasteiger partial charge is 0.481 e. The highest BCUT2D eigenvalue weighted by molar-refractivity contribution is 5.67. The molecular formula is C14H28N2O2. The standard InChI is InChI=1S/C14H28N2O2/c1-11(2)5-6-16-9-12(3)8-15(4)13(10-16)7-14(17)18/h11-13H,5-10H2,1-4H3,(H,17,18). The zero-order chi connectivity index (χ0) is 13.7. The summed E-state index contributed by atoms with van der Waals surface area (Å²) in [5.74, 6) is 0.630. The summed E-state index contributed by atoms with van der Waals surface area (Å²) in [7, 11) is 2.05. The van der Waals surface area contributed by atoms with E-state index in [1.54, 1.807) is 0 Å². The van der Waals surface area contributed by atoms with Crippen molar-refractivity contribution in [2.24, 2.45) is 11.8 Å². The molecule has 18 heavy (non-hydrogen) atoms. The van der Waals surface area contributed by atoms with Crippen LogP contribution >= 0.6 is 0 Å². The first-order valence-electron chi connectivity index (χ1n) is 7.02. The molecule has 0 aliphatic carbocycles. The minimum atomic E-state index is -0.690. The van der Waals surface area contributed by atoms with Crippen LogP contribution in [0.2, 0.25) is 0 Å². The molecule has 0 amide bonds. The van der Waals surface area contributed by atoms with Crippen LogP contribution in [0.5, 0.6) is 0 Å². The Bertz CT molecular complexity index is 269. The van der Waals surface area contributed by atoms with Gasteiger partial charge in [-0.15, -0.1) is 0 Å². The Labute approximate surface area is 111 Å². The SMILES string of the molecule is CC(C)CCN1CC(C)CN(C)C(CC(=O)O)C1. The number of carboxylic acids is 1. The first-order chi connectivity index (χ1) is 8.38. The highest BCUT2D eigenvalue weighted by Gasteiger charge is 2.27. The maximum Gasteiger partial charge on any atom is 0.304 e. The molecule has 2 atom stereocenters. The summed E-state index contributed by atoms with van der Waals surface area (Å²) in [5.41, 5.74) is 0. The normalized spacial score (nSPS) is 27.4. The van der Waals surface area contributed by atoms with Crippen LogP contribution in [0, 0.1) is 11.8 Å². The molecule has 1 aliphatic heterocycles. The predicted octanol–water partition coefficient (Wildman–Crippen LogP) is 1.76. The monoisotopic (exact) mass is 256 g/mol. The molecular weight excluding hydrogens is 228 g/mol. The summed E-state index contributed by atoms with van der Waals surface area (Å²) >= 11 is 0. The number of likely N-dealkylation sites (N-methyl/N-ethyl adjacent to an activating group) is 1. The van der Waals surface area contributed by atoms with E-state index in [2.05, 4.69) is 37.6 Å².